The fourth-order valence-corrected chi connectivity index (χ4v) is 3.39. The van der Waals surface area contributed by atoms with Crippen molar-refractivity contribution in [2.24, 2.45) is 0 Å². The predicted molar refractivity (Wildman–Crippen MR) is 81.6 cm³/mol. The van der Waals surface area contributed by atoms with Gasteiger partial charge in [-0.2, -0.15) is 4.72 Å². The van der Waals surface area contributed by atoms with Crippen LogP contribution in [0.4, 0.5) is 0 Å². The summed E-state index contributed by atoms with van der Waals surface area (Å²) < 4.78 is 27.1. The maximum atomic E-state index is 12.4. The molecule has 5 heteroatoms. The molecule has 0 radical (unpaired) electrons. The highest BCUT2D eigenvalue weighted by Gasteiger charge is 2.33. The second kappa shape index (κ2) is 5.79. The zero-order valence-corrected chi connectivity index (χ0v) is 12.7. The molecule has 21 heavy (non-hydrogen) atoms. The van der Waals surface area contributed by atoms with Crippen molar-refractivity contribution >= 4 is 15.8 Å². The van der Waals surface area contributed by atoms with Gasteiger partial charge in [0.15, 0.2) is 5.78 Å². The van der Waals surface area contributed by atoms with E-state index in [0.717, 1.165) is 0 Å². The standard InChI is InChI=1S/C16H17NO3S/c1-16(2,15(18)13-9-5-3-6-10-13)17-21(19,20)14-11-7-4-8-12-14/h3-12,17H,1-2H3. The van der Waals surface area contributed by atoms with Gasteiger partial charge in [0.25, 0.3) is 0 Å². The number of carbonyl (C=O) groups is 1. The predicted octanol–water partition coefficient (Wildman–Crippen LogP) is 2.63. The number of Topliss-reactive ketones (excluding diaryl/α,β-unsaturated/α-hetero) is 1. The third kappa shape index (κ3) is 3.56. The zero-order chi connectivity index (χ0) is 15.5. The number of sulfonamides is 1. The van der Waals surface area contributed by atoms with E-state index in [2.05, 4.69) is 4.72 Å². The van der Waals surface area contributed by atoms with E-state index in [1.807, 2.05) is 0 Å². The van der Waals surface area contributed by atoms with Crippen LogP contribution in [0.1, 0.15) is 24.2 Å². The number of ketones is 1. The van der Waals surface area contributed by atoms with Gasteiger partial charge in [0, 0.05) is 5.56 Å². The van der Waals surface area contributed by atoms with Gasteiger partial charge in [-0.05, 0) is 26.0 Å². The summed E-state index contributed by atoms with van der Waals surface area (Å²) in [5.41, 5.74) is -0.756. The Hall–Kier alpha value is -1.98. The highest BCUT2D eigenvalue weighted by molar-refractivity contribution is 7.89. The molecule has 2 rings (SSSR count). The van der Waals surface area contributed by atoms with Crippen molar-refractivity contribution < 1.29 is 13.2 Å². The average Bonchev–Trinajstić information content (AvgIpc) is 2.47. The molecule has 2 aromatic carbocycles. The number of hydrogen-bond donors (Lipinski definition) is 1. The van der Waals surface area contributed by atoms with Gasteiger partial charge in [0.2, 0.25) is 10.0 Å². The first-order chi connectivity index (χ1) is 9.83. The number of benzene rings is 2. The Morgan fingerprint density at radius 2 is 1.38 bits per heavy atom. The Kier molecular flexibility index (Phi) is 4.25. The average molecular weight is 303 g/mol. The molecule has 0 aliphatic rings. The van der Waals surface area contributed by atoms with Crippen LogP contribution >= 0.6 is 0 Å². The summed E-state index contributed by atoms with van der Waals surface area (Å²) in [6.45, 7) is 3.12. The van der Waals surface area contributed by atoms with E-state index < -0.39 is 15.6 Å². The van der Waals surface area contributed by atoms with Gasteiger partial charge < -0.3 is 0 Å². The summed E-state index contributed by atoms with van der Waals surface area (Å²) >= 11 is 0. The summed E-state index contributed by atoms with van der Waals surface area (Å²) in [6.07, 6.45) is 0. The van der Waals surface area contributed by atoms with Crippen molar-refractivity contribution in [3.05, 3.63) is 66.2 Å². The third-order valence-corrected chi connectivity index (χ3v) is 4.72. The second-order valence-corrected chi connectivity index (χ2v) is 6.92. The molecule has 0 aromatic heterocycles. The SMILES string of the molecule is CC(C)(NS(=O)(=O)c1ccccc1)C(=O)c1ccccc1. The van der Waals surface area contributed by atoms with E-state index >= 15 is 0 Å². The van der Waals surface area contributed by atoms with E-state index in [0.29, 0.717) is 5.56 Å². The largest absolute Gasteiger partial charge is 0.292 e. The van der Waals surface area contributed by atoms with E-state index in [4.69, 9.17) is 0 Å². The summed E-state index contributed by atoms with van der Waals surface area (Å²) in [4.78, 5) is 12.6. The van der Waals surface area contributed by atoms with Gasteiger partial charge >= 0.3 is 0 Å². The molecule has 0 aliphatic heterocycles. The van der Waals surface area contributed by atoms with Crippen molar-refractivity contribution in [3.63, 3.8) is 0 Å². The topological polar surface area (TPSA) is 63.2 Å². The Bertz CT molecular complexity index is 723. The van der Waals surface area contributed by atoms with E-state index in [-0.39, 0.29) is 10.7 Å². The van der Waals surface area contributed by atoms with E-state index in [1.165, 1.54) is 12.1 Å². The molecule has 0 unspecified atom stereocenters. The van der Waals surface area contributed by atoms with Gasteiger partial charge in [-0.3, -0.25) is 4.79 Å². The molecule has 0 fully saturated rings. The van der Waals surface area contributed by atoms with Crippen LogP contribution in [0.25, 0.3) is 0 Å². The second-order valence-electron chi connectivity index (χ2n) is 5.24. The van der Waals surface area contributed by atoms with Crippen molar-refractivity contribution in [3.8, 4) is 0 Å². The molecular formula is C16H17NO3S. The molecule has 0 bridgehead atoms. The molecule has 110 valence electrons. The lowest BCUT2D eigenvalue weighted by Gasteiger charge is -2.24. The Balaban J connectivity index is 2.27. The summed E-state index contributed by atoms with van der Waals surface area (Å²) in [6, 6.07) is 16.6. The zero-order valence-electron chi connectivity index (χ0n) is 11.9. The molecule has 4 nitrogen and oxygen atoms in total. The van der Waals surface area contributed by atoms with Crippen LogP contribution < -0.4 is 4.72 Å². The van der Waals surface area contributed by atoms with Crippen molar-refractivity contribution in [1.29, 1.82) is 0 Å². The van der Waals surface area contributed by atoms with Crippen molar-refractivity contribution in [2.75, 3.05) is 0 Å². The van der Waals surface area contributed by atoms with Crippen LogP contribution in [0.3, 0.4) is 0 Å². The number of rotatable bonds is 5. The molecule has 0 saturated heterocycles. The highest BCUT2D eigenvalue weighted by Crippen LogP contribution is 2.17. The number of carbonyl (C=O) groups excluding carboxylic acids is 1. The summed E-state index contributed by atoms with van der Waals surface area (Å²) in [5.74, 6) is -0.275. The smallest absolute Gasteiger partial charge is 0.241 e. The maximum Gasteiger partial charge on any atom is 0.241 e. The third-order valence-electron chi connectivity index (χ3n) is 3.05. The summed E-state index contributed by atoms with van der Waals surface area (Å²) in [5, 5.41) is 0. The van der Waals surface area contributed by atoms with Gasteiger partial charge in [0.1, 0.15) is 0 Å². The monoisotopic (exact) mass is 303 g/mol. The number of hydrogen-bond acceptors (Lipinski definition) is 3. The van der Waals surface area contributed by atoms with Gasteiger partial charge in [-0.1, -0.05) is 48.5 Å². The molecule has 0 amide bonds. The van der Waals surface area contributed by atoms with Crippen molar-refractivity contribution in [1.82, 2.24) is 4.72 Å². The van der Waals surface area contributed by atoms with Gasteiger partial charge in [-0.15, -0.1) is 0 Å². The fourth-order valence-electron chi connectivity index (χ4n) is 1.99. The molecule has 1 N–H and O–H groups in total. The Morgan fingerprint density at radius 3 is 1.90 bits per heavy atom. The Labute approximate surface area is 124 Å². The number of nitrogens with one attached hydrogen (secondary N) is 1. The van der Waals surface area contributed by atoms with Crippen LogP contribution in [-0.2, 0) is 10.0 Å². The maximum absolute atomic E-state index is 12.4. The lowest BCUT2D eigenvalue weighted by Crippen LogP contribution is -2.49. The Morgan fingerprint density at radius 1 is 0.905 bits per heavy atom. The fraction of sp³-hybridized carbons (Fsp3) is 0.188. The quantitative estimate of drug-likeness (QED) is 0.864. The molecule has 0 heterocycles. The normalized spacial score (nSPS) is 12.1. The molecule has 0 atom stereocenters. The lowest BCUT2D eigenvalue weighted by atomic mass is 9.94. The van der Waals surface area contributed by atoms with Crippen LogP contribution in [0.5, 0.6) is 0 Å². The minimum Gasteiger partial charge on any atom is -0.292 e. The van der Waals surface area contributed by atoms with E-state index in [1.54, 1.807) is 62.4 Å². The van der Waals surface area contributed by atoms with Crippen molar-refractivity contribution in [2.45, 2.75) is 24.3 Å². The van der Waals surface area contributed by atoms with Crippen LogP contribution in [0.2, 0.25) is 0 Å². The first kappa shape index (κ1) is 15.4. The van der Waals surface area contributed by atoms with Gasteiger partial charge in [-0.25, -0.2) is 8.42 Å². The minimum absolute atomic E-state index is 0.138. The summed E-state index contributed by atoms with van der Waals surface area (Å²) in [7, 11) is -3.74. The minimum atomic E-state index is -3.74. The lowest BCUT2D eigenvalue weighted by molar-refractivity contribution is 0.0901. The molecule has 0 aliphatic carbocycles. The highest BCUT2D eigenvalue weighted by atomic mass is 32.2. The van der Waals surface area contributed by atoms with E-state index in [9.17, 15) is 13.2 Å². The van der Waals surface area contributed by atoms with Gasteiger partial charge in [0.05, 0.1) is 10.4 Å². The van der Waals surface area contributed by atoms with Crippen LogP contribution in [0, 0.1) is 0 Å². The first-order valence-corrected chi connectivity index (χ1v) is 8.00. The van der Waals surface area contributed by atoms with Crippen LogP contribution in [0.15, 0.2) is 65.6 Å². The first-order valence-electron chi connectivity index (χ1n) is 6.52. The van der Waals surface area contributed by atoms with Crippen LogP contribution in [-0.4, -0.2) is 19.7 Å². The molecule has 0 spiro atoms. The molecule has 2 aromatic rings. The molecule has 0 saturated carbocycles. The molecular weight excluding hydrogens is 286 g/mol.